The van der Waals surface area contributed by atoms with Crippen molar-refractivity contribution < 1.29 is 15.2 Å². The number of aromatic hydroxyl groups is 1. The molecule has 1 aromatic heterocycles. The predicted molar refractivity (Wildman–Crippen MR) is 40.5 cm³/mol. The van der Waals surface area contributed by atoms with E-state index < -0.39 is 7.12 Å². The molecule has 1 rings (SSSR count). The van der Waals surface area contributed by atoms with Gasteiger partial charge in [0.05, 0.1) is 0 Å². The molecule has 0 unspecified atom stereocenters. The number of hydrogen-bond donors (Lipinski definition) is 3. The number of rotatable bonds is 1. The minimum absolute atomic E-state index is 0.106. The maximum Gasteiger partial charge on any atom is 0.512 e. The first kappa shape index (κ1) is 8.04. The molecule has 0 saturated carbocycles. The van der Waals surface area contributed by atoms with E-state index in [0.29, 0.717) is 5.56 Å². The zero-order valence-electron chi connectivity index (χ0n) is 6.02. The van der Waals surface area contributed by atoms with Crippen molar-refractivity contribution in [3.05, 3.63) is 17.8 Å². The van der Waals surface area contributed by atoms with E-state index in [1.54, 1.807) is 13.0 Å². The molecule has 3 N–H and O–H groups in total. The summed E-state index contributed by atoms with van der Waals surface area (Å²) in [5, 5.41) is 26.5. The number of aromatic nitrogens is 1. The second kappa shape index (κ2) is 2.90. The summed E-state index contributed by atoms with van der Waals surface area (Å²) in [5.74, 6) is -0.164. The molecule has 0 aromatic carbocycles. The van der Waals surface area contributed by atoms with Crippen LogP contribution in [-0.4, -0.2) is 27.3 Å². The Morgan fingerprint density at radius 2 is 2.09 bits per heavy atom. The van der Waals surface area contributed by atoms with Crippen molar-refractivity contribution in [1.82, 2.24) is 4.98 Å². The zero-order valence-corrected chi connectivity index (χ0v) is 6.02. The van der Waals surface area contributed by atoms with Gasteiger partial charge in [0, 0.05) is 6.20 Å². The SMILES string of the molecule is Cc1ccnc(B(O)O)c1O. The van der Waals surface area contributed by atoms with E-state index in [9.17, 15) is 5.11 Å². The molecule has 0 aliphatic rings. The third-order valence-electron chi connectivity index (χ3n) is 1.40. The molecule has 4 nitrogen and oxygen atoms in total. The van der Waals surface area contributed by atoms with Gasteiger partial charge < -0.3 is 15.2 Å². The molecule has 0 fully saturated rings. The molecule has 0 spiro atoms. The quantitative estimate of drug-likeness (QED) is 0.442. The van der Waals surface area contributed by atoms with Crippen LogP contribution < -0.4 is 5.59 Å². The molecule has 0 radical (unpaired) electrons. The summed E-state index contributed by atoms with van der Waals surface area (Å²) in [4.78, 5) is 3.59. The fraction of sp³-hybridized carbons (Fsp3) is 0.167. The molecular formula is C6H8BNO3. The zero-order chi connectivity index (χ0) is 8.43. The first-order chi connectivity index (χ1) is 5.13. The largest absolute Gasteiger partial charge is 0.512 e. The maximum atomic E-state index is 9.19. The number of nitrogens with zero attached hydrogens (tertiary/aromatic N) is 1. The fourth-order valence-corrected chi connectivity index (χ4v) is 0.760. The van der Waals surface area contributed by atoms with Crippen LogP contribution in [0.15, 0.2) is 12.3 Å². The summed E-state index contributed by atoms with van der Waals surface area (Å²) in [5.41, 5.74) is 0.466. The van der Waals surface area contributed by atoms with E-state index in [1.807, 2.05) is 0 Å². The molecular weight excluding hydrogens is 145 g/mol. The fourth-order valence-electron chi connectivity index (χ4n) is 0.760. The Bertz CT molecular complexity index is 264. The van der Waals surface area contributed by atoms with Crippen molar-refractivity contribution in [3.8, 4) is 5.75 Å². The van der Waals surface area contributed by atoms with Gasteiger partial charge in [-0.15, -0.1) is 0 Å². The summed E-state index contributed by atoms with van der Waals surface area (Å²) >= 11 is 0. The van der Waals surface area contributed by atoms with Gasteiger partial charge in [-0.1, -0.05) is 0 Å². The van der Waals surface area contributed by atoms with E-state index in [2.05, 4.69) is 4.98 Å². The van der Waals surface area contributed by atoms with E-state index in [0.717, 1.165) is 0 Å². The second-order valence-electron chi connectivity index (χ2n) is 2.24. The van der Waals surface area contributed by atoms with Gasteiger partial charge in [0.1, 0.15) is 11.3 Å². The van der Waals surface area contributed by atoms with Gasteiger partial charge >= 0.3 is 7.12 Å². The third kappa shape index (κ3) is 1.50. The average Bonchev–Trinajstić information content (AvgIpc) is 1.94. The summed E-state index contributed by atoms with van der Waals surface area (Å²) in [6.45, 7) is 1.66. The minimum Gasteiger partial charge on any atom is -0.506 e. The van der Waals surface area contributed by atoms with Crippen LogP contribution in [0, 0.1) is 6.92 Å². The van der Waals surface area contributed by atoms with Crippen LogP contribution >= 0.6 is 0 Å². The van der Waals surface area contributed by atoms with E-state index in [-0.39, 0.29) is 11.3 Å². The van der Waals surface area contributed by atoms with Crippen molar-refractivity contribution >= 4 is 12.7 Å². The van der Waals surface area contributed by atoms with Crippen molar-refractivity contribution in [2.24, 2.45) is 0 Å². The van der Waals surface area contributed by atoms with Gasteiger partial charge in [0.25, 0.3) is 0 Å². The van der Waals surface area contributed by atoms with Crippen LogP contribution in [0.1, 0.15) is 5.56 Å². The minimum atomic E-state index is -1.71. The average molecular weight is 153 g/mol. The molecule has 0 aliphatic heterocycles. The first-order valence-electron chi connectivity index (χ1n) is 3.13. The van der Waals surface area contributed by atoms with Crippen LogP contribution in [-0.2, 0) is 0 Å². The molecule has 1 aromatic rings. The van der Waals surface area contributed by atoms with E-state index in [4.69, 9.17) is 10.0 Å². The van der Waals surface area contributed by atoms with Crippen LogP contribution in [0.4, 0.5) is 0 Å². The van der Waals surface area contributed by atoms with Crippen LogP contribution in [0.25, 0.3) is 0 Å². The lowest BCUT2D eigenvalue weighted by molar-refractivity contribution is 0.416. The Hall–Kier alpha value is -1.07. The highest BCUT2D eigenvalue weighted by Crippen LogP contribution is 2.09. The Balaban J connectivity index is 3.17. The normalized spacial score (nSPS) is 9.73. The molecule has 11 heavy (non-hydrogen) atoms. The van der Waals surface area contributed by atoms with Gasteiger partial charge in [-0.05, 0) is 18.6 Å². The highest BCUT2D eigenvalue weighted by molar-refractivity contribution is 6.58. The number of pyridine rings is 1. The molecule has 1 heterocycles. The second-order valence-corrected chi connectivity index (χ2v) is 2.24. The van der Waals surface area contributed by atoms with Crippen LogP contribution in [0.5, 0.6) is 5.75 Å². The van der Waals surface area contributed by atoms with Crippen molar-refractivity contribution in [3.63, 3.8) is 0 Å². The van der Waals surface area contributed by atoms with Crippen LogP contribution in [0.2, 0.25) is 0 Å². The van der Waals surface area contributed by atoms with Crippen molar-refractivity contribution in [2.45, 2.75) is 6.92 Å². The highest BCUT2D eigenvalue weighted by Gasteiger charge is 2.18. The lowest BCUT2D eigenvalue weighted by atomic mass is 9.84. The molecule has 0 amide bonds. The van der Waals surface area contributed by atoms with Crippen molar-refractivity contribution in [1.29, 1.82) is 0 Å². The summed E-state index contributed by atoms with van der Waals surface area (Å²) in [6.07, 6.45) is 1.41. The molecule has 0 saturated heterocycles. The highest BCUT2D eigenvalue weighted by atomic mass is 16.4. The van der Waals surface area contributed by atoms with Gasteiger partial charge in [0.15, 0.2) is 0 Å². The molecule has 0 bridgehead atoms. The van der Waals surface area contributed by atoms with Crippen molar-refractivity contribution in [2.75, 3.05) is 0 Å². The Morgan fingerprint density at radius 3 is 2.55 bits per heavy atom. The van der Waals surface area contributed by atoms with Gasteiger partial charge in [0.2, 0.25) is 0 Å². The maximum absolute atomic E-state index is 9.19. The van der Waals surface area contributed by atoms with E-state index in [1.165, 1.54) is 6.20 Å². The Kier molecular flexibility index (Phi) is 2.12. The lowest BCUT2D eigenvalue weighted by Gasteiger charge is -2.03. The first-order valence-corrected chi connectivity index (χ1v) is 3.13. The topological polar surface area (TPSA) is 73.6 Å². The molecule has 5 heteroatoms. The molecule has 0 aliphatic carbocycles. The molecule has 0 atom stereocenters. The molecule has 58 valence electrons. The Morgan fingerprint density at radius 1 is 1.45 bits per heavy atom. The third-order valence-corrected chi connectivity index (χ3v) is 1.40. The van der Waals surface area contributed by atoms with Gasteiger partial charge in [-0.25, -0.2) is 0 Å². The monoisotopic (exact) mass is 153 g/mol. The smallest absolute Gasteiger partial charge is 0.506 e. The van der Waals surface area contributed by atoms with Gasteiger partial charge in [-0.3, -0.25) is 4.98 Å². The summed E-state index contributed by atoms with van der Waals surface area (Å²) in [6, 6.07) is 1.58. The predicted octanol–water partition coefficient (Wildman–Crippen LogP) is -1.22. The lowest BCUT2D eigenvalue weighted by Crippen LogP contribution is -2.33. The van der Waals surface area contributed by atoms with Gasteiger partial charge in [-0.2, -0.15) is 0 Å². The Labute approximate surface area is 64.3 Å². The van der Waals surface area contributed by atoms with Crippen LogP contribution in [0.3, 0.4) is 0 Å². The summed E-state index contributed by atoms with van der Waals surface area (Å²) in [7, 11) is -1.71. The standard InChI is InChI=1S/C6H8BNO3/c1-4-2-3-8-6(5(4)9)7(10)11/h2-3,9-11H,1H3. The number of aryl methyl sites for hydroxylation is 1. The number of hydrogen-bond acceptors (Lipinski definition) is 4. The summed E-state index contributed by atoms with van der Waals surface area (Å²) < 4.78 is 0. The van der Waals surface area contributed by atoms with E-state index >= 15 is 0 Å².